The van der Waals surface area contributed by atoms with Gasteiger partial charge in [-0.25, -0.2) is 0 Å². The van der Waals surface area contributed by atoms with Crippen LogP contribution in [0.5, 0.6) is 0 Å². The summed E-state index contributed by atoms with van der Waals surface area (Å²) in [4.78, 5) is 25.1. The van der Waals surface area contributed by atoms with Crippen molar-refractivity contribution in [3.05, 3.63) is 46.5 Å². The topological polar surface area (TPSA) is 34.1 Å². The van der Waals surface area contributed by atoms with Gasteiger partial charge in [-0.05, 0) is 25.2 Å². The van der Waals surface area contributed by atoms with Gasteiger partial charge in [0.25, 0.3) is 0 Å². The maximum atomic E-state index is 12.7. The fraction of sp³-hybridized carbons (Fsp3) is 0.500. The third kappa shape index (κ3) is 3.55. The van der Waals surface area contributed by atoms with Gasteiger partial charge in [-0.3, -0.25) is 9.59 Å². The number of carbonyl (C=O) groups excluding carboxylic acids is 2. The zero-order valence-corrected chi connectivity index (χ0v) is 14.1. The molecule has 0 N–H and O–H groups in total. The Balaban J connectivity index is 2.12. The van der Waals surface area contributed by atoms with Crippen LogP contribution in [0.4, 0.5) is 0 Å². The van der Waals surface area contributed by atoms with E-state index in [4.69, 9.17) is 0 Å². The standard InChI is InChI=1S/C20H26O2/c1-13(2)8-7-9-14(3)12-18-15(4)19(21)16-10-5-6-11-17(16)20(18)22/h5-6,10-11,13-14H,7-9,12H2,1-4H3. The minimum absolute atomic E-state index is 0.0135. The number of hydrogen-bond donors (Lipinski definition) is 0. The number of Topliss-reactive ketones (excluding diaryl/α,β-unsaturated/α-hetero) is 2. The summed E-state index contributed by atoms with van der Waals surface area (Å²) in [7, 11) is 0. The van der Waals surface area contributed by atoms with E-state index >= 15 is 0 Å². The molecule has 0 saturated heterocycles. The minimum Gasteiger partial charge on any atom is -0.289 e. The van der Waals surface area contributed by atoms with Crippen LogP contribution < -0.4 is 0 Å². The quantitative estimate of drug-likeness (QED) is 0.720. The third-order valence-electron chi connectivity index (χ3n) is 4.51. The van der Waals surface area contributed by atoms with E-state index in [1.165, 1.54) is 12.8 Å². The molecule has 0 bridgehead atoms. The number of ketones is 2. The van der Waals surface area contributed by atoms with E-state index in [0.29, 0.717) is 29.0 Å². The van der Waals surface area contributed by atoms with Crippen molar-refractivity contribution < 1.29 is 9.59 Å². The van der Waals surface area contributed by atoms with Gasteiger partial charge in [0.15, 0.2) is 11.6 Å². The lowest BCUT2D eigenvalue weighted by atomic mass is 9.80. The van der Waals surface area contributed by atoms with Gasteiger partial charge in [0.05, 0.1) is 0 Å². The lowest BCUT2D eigenvalue weighted by Crippen LogP contribution is -2.22. The lowest BCUT2D eigenvalue weighted by molar-refractivity contribution is 0.0969. The first-order chi connectivity index (χ1) is 10.4. The molecule has 22 heavy (non-hydrogen) atoms. The van der Waals surface area contributed by atoms with Crippen molar-refractivity contribution in [3.63, 3.8) is 0 Å². The molecule has 1 unspecified atom stereocenters. The molecule has 0 saturated carbocycles. The second-order valence-electron chi connectivity index (χ2n) is 6.94. The van der Waals surface area contributed by atoms with Crippen molar-refractivity contribution in [1.82, 2.24) is 0 Å². The summed E-state index contributed by atoms with van der Waals surface area (Å²) < 4.78 is 0. The first-order valence-electron chi connectivity index (χ1n) is 8.30. The van der Waals surface area contributed by atoms with Crippen LogP contribution in [0.1, 0.15) is 74.1 Å². The third-order valence-corrected chi connectivity index (χ3v) is 4.51. The molecule has 1 aromatic carbocycles. The number of fused-ring (bicyclic) bond motifs is 1. The first kappa shape index (κ1) is 16.7. The van der Waals surface area contributed by atoms with Crippen LogP contribution in [-0.2, 0) is 0 Å². The predicted octanol–water partition coefficient (Wildman–Crippen LogP) is 5.23. The van der Waals surface area contributed by atoms with Crippen LogP contribution in [0, 0.1) is 11.8 Å². The molecule has 0 spiro atoms. The Morgan fingerprint density at radius 2 is 1.50 bits per heavy atom. The molecular formula is C20H26O2. The molecule has 1 aliphatic rings. The summed E-state index contributed by atoms with van der Waals surface area (Å²) in [5.74, 6) is 1.21. The summed E-state index contributed by atoms with van der Waals surface area (Å²) in [5.41, 5.74) is 2.49. The molecule has 2 nitrogen and oxygen atoms in total. The summed E-state index contributed by atoms with van der Waals surface area (Å²) in [6.45, 7) is 8.44. The molecular weight excluding hydrogens is 272 g/mol. The van der Waals surface area contributed by atoms with Crippen molar-refractivity contribution in [1.29, 1.82) is 0 Å². The van der Waals surface area contributed by atoms with Crippen LogP contribution in [-0.4, -0.2) is 11.6 Å². The Kier molecular flexibility index (Phi) is 5.33. The SMILES string of the molecule is CC1=C(CC(C)CCCC(C)C)C(=O)c2ccccc2C1=O. The first-order valence-corrected chi connectivity index (χ1v) is 8.30. The Hall–Kier alpha value is -1.70. The van der Waals surface area contributed by atoms with Gasteiger partial charge in [-0.15, -0.1) is 0 Å². The van der Waals surface area contributed by atoms with Crippen LogP contribution >= 0.6 is 0 Å². The van der Waals surface area contributed by atoms with E-state index in [1.54, 1.807) is 19.1 Å². The molecule has 2 heteroatoms. The molecule has 0 heterocycles. The molecule has 0 aliphatic heterocycles. The molecule has 118 valence electrons. The molecule has 1 aliphatic carbocycles. The van der Waals surface area contributed by atoms with E-state index < -0.39 is 0 Å². The maximum absolute atomic E-state index is 12.7. The monoisotopic (exact) mass is 298 g/mol. The molecule has 0 radical (unpaired) electrons. The number of allylic oxidation sites excluding steroid dienone is 2. The van der Waals surface area contributed by atoms with Gasteiger partial charge in [-0.1, -0.05) is 64.3 Å². The van der Waals surface area contributed by atoms with Crippen LogP contribution in [0.3, 0.4) is 0 Å². The average molecular weight is 298 g/mol. The molecule has 0 fully saturated rings. The largest absolute Gasteiger partial charge is 0.289 e. The second kappa shape index (κ2) is 7.04. The summed E-state index contributed by atoms with van der Waals surface area (Å²) >= 11 is 0. The molecule has 1 atom stereocenters. The number of rotatable bonds is 6. The Labute approximate surface area is 133 Å². The van der Waals surface area contributed by atoms with Crippen LogP contribution in [0.25, 0.3) is 0 Å². The number of hydrogen-bond acceptors (Lipinski definition) is 2. The molecule has 0 amide bonds. The van der Waals surface area contributed by atoms with Crippen molar-refractivity contribution in [3.8, 4) is 0 Å². The van der Waals surface area contributed by atoms with E-state index in [1.807, 2.05) is 12.1 Å². The van der Waals surface area contributed by atoms with Gasteiger partial charge in [0, 0.05) is 22.3 Å². The highest BCUT2D eigenvalue weighted by atomic mass is 16.1. The fourth-order valence-electron chi connectivity index (χ4n) is 3.12. The van der Waals surface area contributed by atoms with Gasteiger partial charge < -0.3 is 0 Å². The molecule has 1 aromatic rings. The highest BCUT2D eigenvalue weighted by molar-refractivity contribution is 6.26. The smallest absolute Gasteiger partial charge is 0.190 e. The average Bonchev–Trinajstić information content (AvgIpc) is 2.49. The normalized spacial score (nSPS) is 16.2. The van der Waals surface area contributed by atoms with Crippen molar-refractivity contribution >= 4 is 11.6 Å². The second-order valence-corrected chi connectivity index (χ2v) is 6.94. The summed E-state index contributed by atoms with van der Waals surface area (Å²) in [6, 6.07) is 7.17. The maximum Gasteiger partial charge on any atom is 0.190 e. The van der Waals surface area contributed by atoms with E-state index in [9.17, 15) is 9.59 Å². The zero-order valence-electron chi connectivity index (χ0n) is 14.1. The number of carbonyl (C=O) groups is 2. The van der Waals surface area contributed by atoms with Crippen molar-refractivity contribution in [2.24, 2.45) is 11.8 Å². The Bertz CT molecular complexity index is 608. The van der Waals surface area contributed by atoms with E-state index in [0.717, 1.165) is 17.9 Å². The van der Waals surface area contributed by atoms with Gasteiger partial charge in [-0.2, -0.15) is 0 Å². The van der Waals surface area contributed by atoms with Crippen LogP contribution in [0.2, 0.25) is 0 Å². The zero-order chi connectivity index (χ0) is 16.3. The van der Waals surface area contributed by atoms with Gasteiger partial charge in [0.1, 0.15) is 0 Å². The predicted molar refractivity (Wildman–Crippen MR) is 90.3 cm³/mol. The highest BCUT2D eigenvalue weighted by Gasteiger charge is 2.29. The van der Waals surface area contributed by atoms with Gasteiger partial charge in [0.2, 0.25) is 0 Å². The van der Waals surface area contributed by atoms with E-state index in [2.05, 4.69) is 20.8 Å². The van der Waals surface area contributed by atoms with Crippen molar-refractivity contribution in [2.75, 3.05) is 0 Å². The fourth-order valence-corrected chi connectivity index (χ4v) is 3.12. The van der Waals surface area contributed by atoms with Gasteiger partial charge >= 0.3 is 0 Å². The highest BCUT2D eigenvalue weighted by Crippen LogP contribution is 2.31. The molecule has 2 rings (SSSR count). The Morgan fingerprint density at radius 3 is 2.09 bits per heavy atom. The number of benzene rings is 1. The molecule has 0 aromatic heterocycles. The minimum atomic E-state index is 0.0135. The summed E-state index contributed by atoms with van der Waals surface area (Å²) in [5, 5.41) is 0. The lowest BCUT2D eigenvalue weighted by Gasteiger charge is -2.21. The van der Waals surface area contributed by atoms with E-state index in [-0.39, 0.29) is 11.6 Å². The van der Waals surface area contributed by atoms with Crippen molar-refractivity contribution in [2.45, 2.75) is 53.4 Å². The Morgan fingerprint density at radius 1 is 0.909 bits per heavy atom. The summed E-state index contributed by atoms with van der Waals surface area (Å²) in [6.07, 6.45) is 4.23. The van der Waals surface area contributed by atoms with Crippen LogP contribution in [0.15, 0.2) is 35.4 Å².